The summed E-state index contributed by atoms with van der Waals surface area (Å²) in [7, 11) is 1.28. The molecule has 1 aliphatic heterocycles. The van der Waals surface area contributed by atoms with E-state index in [0.29, 0.717) is 5.06 Å². The molecule has 2 N–H and O–H groups in total. The standard InChI is InChI=1S/C16H14N2O3/c1-18(20)16(19)9-7-11-6-8-15-13(10-11)17-12-4-2-3-5-14(12)21-15/h2-10,17,20H,1H3/b9-7+. The number of para-hydroxylation sites is 2. The lowest BCUT2D eigenvalue weighted by Crippen LogP contribution is -2.19. The summed E-state index contributed by atoms with van der Waals surface area (Å²) >= 11 is 0. The van der Waals surface area contributed by atoms with Crippen LogP contribution in [0.4, 0.5) is 11.4 Å². The molecule has 0 radical (unpaired) electrons. The van der Waals surface area contributed by atoms with Gasteiger partial charge in [0.15, 0.2) is 11.5 Å². The summed E-state index contributed by atoms with van der Waals surface area (Å²) in [6.07, 6.45) is 2.94. The first-order chi connectivity index (χ1) is 10.1. The monoisotopic (exact) mass is 282 g/mol. The molecule has 2 aromatic rings. The molecule has 3 rings (SSSR count). The molecule has 0 atom stereocenters. The van der Waals surface area contributed by atoms with Crippen molar-refractivity contribution in [2.24, 2.45) is 0 Å². The molecule has 106 valence electrons. The number of nitrogens with zero attached hydrogens (tertiary/aromatic N) is 1. The normalized spacial score (nSPS) is 12.1. The number of ether oxygens (including phenoxy) is 1. The van der Waals surface area contributed by atoms with Crippen LogP contribution in [-0.4, -0.2) is 23.2 Å². The molecule has 0 saturated carbocycles. The van der Waals surface area contributed by atoms with Gasteiger partial charge in [0.1, 0.15) is 0 Å². The maximum Gasteiger partial charge on any atom is 0.269 e. The Balaban J connectivity index is 1.85. The Labute approximate surface area is 122 Å². The number of hydroxylamine groups is 2. The fraction of sp³-hybridized carbons (Fsp3) is 0.0625. The van der Waals surface area contributed by atoms with Gasteiger partial charge >= 0.3 is 0 Å². The lowest BCUT2D eigenvalue weighted by Gasteiger charge is -2.21. The van der Waals surface area contributed by atoms with E-state index in [9.17, 15) is 4.79 Å². The number of carbonyl (C=O) groups excluding carboxylic acids is 1. The predicted molar refractivity (Wildman–Crippen MR) is 79.8 cm³/mol. The van der Waals surface area contributed by atoms with Crippen molar-refractivity contribution in [2.75, 3.05) is 12.4 Å². The first-order valence-corrected chi connectivity index (χ1v) is 6.46. The molecule has 0 bridgehead atoms. The van der Waals surface area contributed by atoms with Crippen LogP contribution < -0.4 is 10.1 Å². The SMILES string of the molecule is CN(O)C(=O)/C=C/c1ccc2c(c1)Nc1ccccc1O2. The van der Waals surface area contributed by atoms with Crippen molar-refractivity contribution in [3.8, 4) is 11.5 Å². The topological polar surface area (TPSA) is 61.8 Å². The molecule has 0 unspecified atom stereocenters. The summed E-state index contributed by atoms with van der Waals surface area (Å²) < 4.78 is 5.79. The van der Waals surface area contributed by atoms with Crippen molar-refractivity contribution in [1.82, 2.24) is 5.06 Å². The van der Waals surface area contributed by atoms with E-state index >= 15 is 0 Å². The van der Waals surface area contributed by atoms with Gasteiger partial charge in [-0.05, 0) is 35.9 Å². The zero-order valence-electron chi connectivity index (χ0n) is 11.4. The fourth-order valence-electron chi connectivity index (χ4n) is 2.04. The minimum Gasteiger partial charge on any atom is -0.453 e. The molecular weight excluding hydrogens is 268 g/mol. The third-order valence-electron chi connectivity index (χ3n) is 3.12. The van der Waals surface area contributed by atoms with Crippen LogP contribution in [-0.2, 0) is 4.79 Å². The van der Waals surface area contributed by atoms with Crippen molar-refractivity contribution < 1.29 is 14.7 Å². The van der Waals surface area contributed by atoms with Gasteiger partial charge < -0.3 is 10.1 Å². The number of rotatable bonds is 2. The number of benzene rings is 2. The summed E-state index contributed by atoms with van der Waals surface area (Å²) in [5.41, 5.74) is 2.57. The lowest BCUT2D eigenvalue weighted by atomic mass is 10.1. The van der Waals surface area contributed by atoms with Crippen LogP contribution in [0.2, 0.25) is 0 Å². The second-order valence-electron chi connectivity index (χ2n) is 4.67. The highest BCUT2D eigenvalue weighted by Gasteiger charge is 2.15. The molecule has 0 aromatic heterocycles. The van der Waals surface area contributed by atoms with Gasteiger partial charge in [0.05, 0.1) is 11.4 Å². The Morgan fingerprint density at radius 1 is 1.19 bits per heavy atom. The number of hydrogen-bond acceptors (Lipinski definition) is 4. The number of hydrogen-bond donors (Lipinski definition) is 2. The average molecular weight is 282 g/mol. The largest absolute Gasteiger partial charge is 0.453 e. The molecule has 0 saturated heterocycles. The van der Waals surface area contributed by atoms with Gasteiger partial charge in [-0.1, -0.05) is 18.2 Å². The van der Waals surface area contributed by atoms with Gasteiger partial charge in [0.2, 0.25) is 0 Å². The van der Waals surface area contributed by atoms with Gasteiger partial charge in [-0.15, -0.1) is 0 Å². The summed E-state index contributed by atoms with van der Waals surface area (Å²) in [6, 6.07) is 13.2. The number of amides is 1. The number of carbonyl (C=O) groups is 1. The van der Waals surface area contributed by atoms with Crippen LogP contribution in [0.1, 0.15) is 5.56 Å². The van der Waals surface area contributed by atoms with Gasteiger partial charge in [-0.3, -0.25) is 10.0 Å². The van der Waals surface area contributed by atoms with Crippen molar-refractivity contribution in [1.29, 1.82) is 0 Å². The van der Waals surface area contributed by atoms with E-state index in [0.717, 1.165) is 28.4 Å². The minimum atomic E-state index is -0.484. The second-order valence-corrected chi connectivity index (χ2v) is 4.67. The van der Waals surface area contributed by atoms with Crippen molar-refractivity contribution in [3.05, 3.63) is 54.1 Å². The third-order valence-corrected chi connectivity index (χ3v) is 3.12. The highest BCUT2D eigenvalue weighted by atomic mass is 16.5. The smallest absolute Gasteiger partial charge is 0.269 e. The maximum absolute atomic E-state index is 11.3. The van der Waals surface area contributed by atoms with E-state index in [4.69, 9.17) is 9.94 Å². The second kappa shape index (κ2) is 5.30. The first-order valence-electron chi connectivity index (χ1n) is 6.46. The van der Waals surface area contributed by atoms with Gasteiger partial charge in [0, 0.05) is 13.1 Å². The molecule has 1 amide bonds. The van der Waals surface area contributed by atoms with Crippen LogP contribution in [0.25, 0.3) is 6.08 Å². The number of anilines is 2. The third kappa shape index (κ3) is 2.73. The minimum absolute atomic E-state index is 0.484. The highest BCUT2D eigenvalue weighted by Crippen LogP contribution is 2.41. The van der Waals surface area contributed by atoms with Crippen molar-refractivity contribution >= 4 is 23.4 Å². The van der Waals surface area contributed by atoms with Crippen LogP contribution in [0.3, 0.4) is 0 Å². The zero-order valence-corrected chi connectivity index (χ0v) is 11.4. The molecule has 0 spiro atoms. The first kappa shape index (κ1) is 13.2. The average Bonchev–Trinajstić information content (AvgIpc) is 2.50. The Hall–Kier alpha value is -2.79. The number of likely N-dealkylation sites (N-methyl/N-ethyl adjacent to an activating group) is 1. The summed E-state index contributed by atoms with van der Waals surface area (Å²) in [5.74, 6) is 1.03. The van der Waals surface area contributed by atoms with E-state index in [1.165, 1.54) is 13.1 Å². The van der Waals surface area contributed by atoms with Crippen LogP contribution in [0, 0.1) is 0 Å². The molecule has 0 aliphatic carbocycles. The van der Waals surface area contributed by atoms with Crippen molar-refractivity contribution in [2.45, 2.75) is 0 Å². The molecule has 21 heavy (non-hydrogen) atoms. The molecule has 0 fully saturated rings. The Kier molecular flexibility index (Phi) is 3.33. The maximum atomic E-state index is 11.3. The molecule has 5 nitrogen and oxygen atoms in total. The van der Waals surface area contributed by atoms with Crippen LogP contribution >= 0.6 is 0 Å². The van der Waals surface area contributed by atoms with E-state index in [-0.39, 0.29) is 0 Å². The summed E-state index contributed by atoms with van der Waals surface area (Å²) in [5, 5.41) is 12.8. The molecule has 2 aromatic carbocycles. The van der Waals surface area contributed by atoms with E-state index < -0.39 is 5.91 Å². The highest BCUT2D eigenvalue weighted by molar-refractivity contribution is 5.91. The quantitative estimate of drug-likeness (QED) is 0.429. The Morgan fingerprint density at radius 2 is 1.95 bits per heavy atom. The molecular formula is C16H14N2O3. The molecule has 1 aliphatic rings. The predicted octanol–water partition coefficient (Wildman–Crippen LogP) is 3.40. The van der Waals surface area contributed by atoms with Crippen LogP contribution in [0.15, 0.2) is 48.5 Å². The summed E-state index contributed by atoms with van der Waals surface area (Å²) in [4.78, 5) is 11.3. The zero-order chi connectivity index (χ0) is 14.8. The lowest BCUT2D eigenvalue weighted by molar-refractivity contribution is -0.153. The number of nitrogens with one attached hydrogen (secondary N) is 1. The number of fused-ring (bicyclic) bond motifs is 2. The van der Waals surface area contributed by atoms with Crippen molar-refractivity contribution in [3.63, 3.8) is 0 Å². The Morgan fingerprint density at radius 3 is 2.76 bits per heavy atom. The fourth-order valence-corrected chi connectivity index (χ4v) is 2.04. The molecule has 5 heteroatoms. The van der Waals surface area contributed by atoms with E-state index in [2.05, 4.69) is 5.32 Å². The van der Waals surface area contributed by atoms with Gasteiger partial charge in [-0.2, -0.15) is 0 Å². The van der Waals surface area contributed by atoms with E-state index in [1.54, 1.807) is 6.08 Å². The summed E-state index contributed by atoms with van der Waals surface area (Å²) in [6.45, 7) is 0. The van der Waals surface area contributed by atoms with E-state index in [1.807, 2.05) is 42.5 Å². The Bertz CT molecular complexity index is 723. The van der Waals surface area contributed by atoms with Gasteiger partial charge in [-0.25, -0.2) is 5.06 Å². The van der Waals surface area contributed by atoms with Crippen LogP contribution in [0.5, 0.6) is 11.5 Å². The van der Waals surface area contributed by atoms with Gasteiger partial charge in [0.25, 0.3) is 5.91 Å². The molecule has 1 heterocycles.